The van der Waals surface area contributed by atoms with Crippen LogP contribution in [-0.4, -0.2) is 58.3 Å². The van der Waals surface area contributed by atoms with Crippen LogP contribution >= 0.6 is 0 Å². The van der Waals surface area contributed by atoms with Gasteiger partial charge in [-0.25, -0.2) is 4.68 Å². The van der Waals surface area contributed by atoms with Crippen LogP contribution in [0.4, 0.5) is 14.5 Å². The van der Waals surface area contributed by atoms with Gasteiger partial charge in [0.25, 0.3) is 5.56 Å². The summed E-state index contributed by atoms with van der Waals surface area (Å²) >= 11 is 0. The van der Waals surface area contributed by atoms with Gasteiger partial charge in [0.2, 0.25) is 5.91 Å². The van der Waals surface area contributed by atoms with E-state index in [0.29, 0.717) is 16.8 Å². The second-order valence-electron chi connectivity index (χ2n) is 10.8. The van der Waals surface area contributed by atoms with Gasteiger partial charge in [-0.15, -0.1) is 8.78 Å². The van der Waals surface area contributed by atoms with E-state index in [1.165, 1.54) is 18.2 Å². The molecule has 1 saturated heterocycles. The number of aromatic nitrogens is 2. The Kier molecular flexibility index (Phi) is 6.28. The molecule has 0 bridgehead atoms. The minimum Gasteiger partial charge on any atom is -0.492 e. The highest BCUT2D eigenvalue weighted by Crippen LogP contribution is 2.50. The summed E-state index contributed by atoms with van der Waals surface area (Å²) in [4.78, 5) is 27.2. The second-order valence-corrected chi connectivity index (χ2v) is 10.8. The molecule has 3 aliphatic rings. The summed E-state index contributed by atoms with van der Waals surface area (Å²) in [6.07, 6.45) is -5.66. The van der Waals surface area contributed by atoms with Crippen LogP contribution in [0.15, 0.2) is 53.3 Å². The van der Waals surface area contributed by atoms with Crippen molar-refractivity contribution in [2.45, 2.75) is 57.0 Å². The predicted molar refractivity (Wildman–Crippen MR) is 139 cm³/mol. The molecule has 41 heavy (non-hydrogen) atoms. The number of nitrogens with one attached hydrogen (secondary N) is 1. The maximum absolute atomic E-state index is 13.7. The van der Waals surface area contributed by atoms with E-state index in [0.717, 1.165) is 4.68 Å². The summed E-state index contributed by atoms with van der Waals surface area (Å²) in [6.45, 7) is 4.79. The van der Waals surface area contributed by atoms with E-state index in [1.54, 1.807) is 45.0 Å². The Labute approximate surface area is 232 Å². The Morgan fingerprint density at radius 3 is 2.51 bits per heavy atom. The van der Waals surface area contributed by atoms with Crippen molar-refractivity contribution in [1.82, 2.24) is 9.78 Å². The number of anilines is 1. The largest absolute Gasteiger partial charge is 0.586 e. The summed E-state index contributed by atoms with van der Waals surface area (Å²) in [6, 6.07) is 13.0. The molecule has 0 saturated carbocycles. The molecule has 1 aromatic heterocycles. The molecule has 216 valence electrons. The zero-order valence-corrected chi connectivity index (χ0v) is 22.4. The van der Waals surface area contributed by atoms with Crippen LogP contribution in [0.1, 0.15) is 26.3 Å². The fourth-order valence-corrected chi connectivity index (χ4v) is 4.98. The van der Waals surface area contributed by atoms with Gasteiger partial charge in [-0.1, -0.05) is 30.3 Å². The number of aliphatic hydroxyl groups excluding tert-OH is 1. The molecule has 0 spiro atoms. The third kappa shape index (κ3) is 5.00. The molecule has 3 aromatic rings. The average molecular weight is 572 g/mol. The van der Waals surface area contributed by atoms with E-state index < -0.39 is 41.2 Å². The van der Waals surface area contributed by atoms with E-state index in [9.17, 15) is 23.5 Å². The van der Waals surface area contributed by atoms with Gasteiger partial charge in [-0.3, -0.25) is 9.59 Å². The summed E-state index contributed by atoms with van der Waals surface area (Å²) in [5, 5.41) is 18.0. The fraction of sp³-hybridized carbons (Fsp3) is 0.393. The number of halogens is 2. The molecule has 4 heterocycles. The molecule has 6 rings (SSSR count). The number of benzene rings is 2. The molecule has 0 aliphatic carbocycles. The first-order valence-corrected chi connectivity index (χ1v) is 12.9. The second kappa shape index (κ2) is 9.50. The monoisotopic (exact) mass is 571 g/mol. The van der Waals surface area contributed by atoms with Crippen molar-refractivity contribution in [2.24, 2.45) is 0 Å². The van der Waals surface area contributed by atoms with Gasteiger partial charge in [0.1, 0.15) is 35.7 Å². The van der Waals surface area contributed by atoms with Gasteiger partial charge >= 0.3 is 6.29 Å². The molecule has 3 atom stereocenters. The third-order valence-corrected chi connectivity index (χ3v) is 7.23. The summed E-state index contributed by atoms with van der Waals surface area (Å²) < 4.78 is 54.2. The molecule has 2 N–H and O–H groups in total. The zero-order chi connectivity index (χ0) is 29.2. The van der Waals surface area contributed by atoms with Crippen LogP contribution in [0.3, 0.4) is 0 Å². The highest BCUT2D eigenvalue weighted by Gasteiger charge is 2.49. The number of amides is 1. The van der Waals surface area contributed by atoms with Crippen molar-refractivity contribution < 1.29 is 42.4 Å². The molecule has 1 fully saturated rings. The lowest BCUT2D eigenvalue weighted by atomic mass is 9.83. The van der Waals surface area contributed by atoms with Crippen molar-refractivity contribution in [3.63, 3.8) is 0 Å². The van der Waals surface area contributed by atoms with Gasteiger partial charge in [0.15, 0.2) is 17.3 Å². The molecule has 13 heteroatoms. The van der Waals surface area contributed by atoms with Crippen molar-refractivity contribution >= 4 is 11.6 Å². The van der Waals surface area contributed by atoms with E-state index in [4.69, 9.17) is 14.2 Å². The smallest absolute Gasteiger partial charge is 0.492 e. The Balaban J connectivity index is 1.32. The Morgan fingerprint density at radius 1 is 1.12 bits per heavy atom. The van der Waals surface area contributed by atoms with Gasteiger partial charge in [-0.2, -0.15) is 5.10 Å². The van der Waals surface area contributed by atoms with Gasteiger partial charge in [0.05, 0.1) is 18.8 Å². The van der Waals surface area contributed by atoms with Crippen LogP contribution < -0.4 is 25.1 Å². The summed E-state index contributed by atoms with van der Waals surface area (Å²) in [5.41, 5.74) is -0.786. The molecule has 0 radical (unpaired) electrons. The van der Waals surface area contributed by atoms with Gasteiger partial charge in [-0.05, 0) is 32.9 Å². The highest BCUT2D eigenvalue weighted by molar-refractivity contribution is 6.00. The lowest BCUT2D eigenvalue weighted by Gasteiger charge is -2.23. The number of hydrogen-bond acceptors (Lipinski definition) is 9. The average Bonchev–Trinajstić information content (AvgIpc) is 3.56. The topological polar surface area (TPSA) is 130 Å². The molecular weight excluding hydrogens is 544 g/mol. The standard InChI is InChI=1S/C28H27F2N3O8/c1-26(2)38-13-23(39-26)19(34)12-33-24(35)18(10-17(32-33)15-7-5-4-6-8-15)31-25(36)27(3)14-37-20-11-22-21(9-16(20)27)40-28(29,30)41-22/h4-11,19,23,34H,12-14H2,1-3H3,(H,31,36)/t19-,23+,27-/m0/s1. The van der Waals surface area contributed by atoms with Crippen molar-refractivity contribution in [1.29, 1.82) is 0 Å². The predicted octanol–water partition coefficient (Wildman–Crippen LogP) is 3.03. The Morgan fingerprint density at radius 2 is 1.83 bits per heavy atom. The number of carbonyl (C=O) groups excluding carboxylic acids is 1. The number of ether oxygens (including phenoxy) is 5. The SMILES string of the molecule is CC1(C)OC[C@H]([C@@H](O)Cn2nc(-c3ccccc3)cc(NC(=O)[C@@]3(C)COc4cc5c(cc43)OC(F)(F)O5)c2=O)O1. The lowest BCUT2D eigenvalue weighted by molar-refractivity contribution is -0.286. The molecular formula is C28H27F2N3O8. The third-order valence-electron chi connectivity index (χ3n) is 7.23. The van der Waals surface area contributed by atoms with E-state index >= 15 is 0 Å². The molecule has 0 unspecified atom stereocenters. The van der Waals surface area contributed by atoms with Crippen molar-refractivity contribution in [2.75, 3.05) is 18.5 Å². The van der Waals surface area contributed by atoms with Gasteiger partial charge in [0, 0.05) is 17.2 Å². The molecule has 11 nitrogen and oxygen atoms in total. The van der Waals surface area contributed by atoms with Crippen molar-refractivity contribution in [3.05, 3.63) is 64.4 Å². The number of carbonyl (C=O) groups is 1. The fourth-order valence-electron chi connectivity index (χ4n) is 4.98. The van der Waals surface area contributed by atoms with Crippen LogP contribution in [-0.2, 0) is 26.2 Å². The first-order chi connectivity index (χ1) is 19.3. The number of rotatable bonds is 6. The number of hydrogen-bond donors (Lipinski definition) is 2. The van der Waals surface area contributed by atoms with Crippen LogP contribution in [0.2, 0.25) is 0 Å². The number of aliphatic hydroxyl groups is 1. The quantitative estimate of drug-likeness (QED) is 0.459. The van der Waals surface area contributed by atoms with E-state index in [-0.39, 0.29) is 42.7 Å². The van der Waals surface area contributed by atoms with Crippen LogP contribution in [0.25, 0.3) is 11.3 Å². The van der Waals surface area contributed by atoms with Crippen LogP contribution in [0.5, 0.6) is 17.2 Å². The highest BCUT2D eigenvalue weighted by atomic mass is 19.3. The maximum Gasteiger partial charge on any atom is 0.586 e. The molecule has 1 amide bonds. The number of alkyl halides is 2. The molecule has 3 aliphatic heterocycles. The summed E-state index contributed by atoms with van der Waals surface area (Å²) in [5.74, 6) is -1.75. The number of nitrogens with zero attached hydrogens (tertiary/aromatic N) is 2. The lowest BCUT2D eigenvalue weighted by Crippen LogP contribution is -2.42. The van der Waals surface area contributed by atoms with Crippen LogP contribution in [0, 0.1) is 0 Å². The summed E-state index contributed by atoms with van der Waals surface area (Å²) in [7, 11) is 0. The van der Waals surface area contributed by atoms with E-state index in [2.05, 4.69) is 19.9 Å². The minimum absolute atomic E-state index is 0.0954. The maximum atomic E-state index is 13.7. The molecule has 2 aromatic carbocycles. The minimum atomic E-state index is -3.83. The Bertz CT molecular complexity index is 1580. The first-order valence-electron chi connectivity index (χ1n) is 12.9. The Hall–Kier alpha value is -4.07. The zero-order valence-electron chi connectivity index (χ0n) is 22.4. The van der Waals surface area contributed by atoms with Gasteiger partial charge < -0.3 is 34.1 Å². The first kappa shape index (κ1) is 27.1. The van der Waals surface area contributed by atoms with E-state index in [1.807, 2.05) is 6.07 Å². The number of fused-ring (bicyclic) bond motifs is 2. The van der Waals surface area contributed by atoms with Crippen molar-refractivity contribution in [3.8, 4) is 28.5 Å². The normalized spacial score (nSPS) is 24.0.